The van der Waals surface area contributed by atoms with Gasteiger partial charge in [0.15, 0.2) is 0 Å². The summed E-state index contributed by atoms with van der Waals surface area (Å²) < 4.78 is 28.3. The normalized spacial score (nSPS) is 17.7. The van der Waals surface area contributed by atoms with Crippen molar-refractivity contribution in [1.29, 1.82) is 0 Å². The van der Waals surface area contributed by atoms with Crippen LogP contribution >= 0.6 is 15.9 Å². The van der Waals surface area contributed by atoms with Gasteiger partial charge in [0.2, 0.25) is 10.0 Å². The molecule has 1 saturated heterocycles. The molecule has 146 valence electrons. The second kappa shape index (κ2) is 7.37. The Morgan fingerprint density at radius 3 is 2.33 bits per heavy atom. The van der Waals surface area contributed by atoms with Crippen LogP contribution in [0.25, 0.3) is 0 Å². The molecule has 1 fully saturated rings. The number of H-pyrrole nitrogens is 1. The van der Waals surface area contributed by atoms with E-state index in [9.17, 15) is 18.3 Å². The number of hydrogen-bond donors (Lipinski definition) is 2. The predicted molar refractivity (Wildman–Crippen MR) is 104 cm³/mol. The molecule has 2 N–H and O–H groups in total. The van der Waals surface area contributed by atoms with Crippen molar-refractivity contribution in [2.45, 2.75) is 38.0 Å². The van der Waals surface area contributed by atoms with Gasteiger partial charge in [0.1, 0.15) is 4.90 Å². The second-order valence-electron chi connectivity index (χ2n) is 7.06. The van der Waals surface area contributed by atoms with Gasteiger partial charge in [0.05, 0.1) is 16.8 Å². The zero-order valence-corrected chi connectivity index (χ0v) is 17.6. The molecule has 3 rings (SSSR count). The first-order valence-corrected chi connectivity index (χ1v) is 10.9. The number of aryl methyl sites for hydroxylation is 2. The molecule has 0 spiro atoms. The summed E-state index contributed by atoms with van der Waals surface area (Å²) in [5.41, 5.74) is 0.897. The number of rotatable bonds is 5. The van der Waals surface area contributed by atoms with E-state index in [1.54, 1.807) is 13.8 Å². The molecule has 0 unspecified atom stereocenters. The van der Waals surface area contributed by atoms with E-state index in [0.717, 1.165) is 10.0 Å². The van der Waals surface area contributed by atoms with E-state index in [4.69, 9.17) is 0 Å². The quantitative estimate of drug-likeness (QED) is 0.720. The van der Waals surface area contributed by atoms with Crippen molar-refractivity contribution >= 4 is 31.9 Å². The van der Waals surface area contributed by atoms with Crippen LogP contribution in [-0.4, -0.2) is 47.1 Å². The Morgan fingerprint density at radius 2 is 1.85 bits per heavy atom. The molecule has 0 saturated carbocycles. The van der Waals surface area contributed by atoms with Crippen molar-refractivity contribution in [3.63, 3.8) is 0 Å². The molecule has 7 nitrogen and oxygen atoms in total. The van der Waals surface area contributed by atoms with Gasteiger partial charge < -0.3 is 5.11 Å². The number of aromatic nitrogens is 2. The van der Waals surface area contributed by atoms with Crippen LogP contribution in [-0.2, 0) is 21.2 Å². The Morgan fingerprint density at radius 1 is 1.26 bits per heavy atom. The fourth-order valence-electron chi connectivity index (χ4n) is 3.66. The Hall–Kier alpha value is -1.71. The zero-order valence-electron chi connectivity index (χ0n) is 15.2. The standard InChI is InChI=1S/C18H22BrN3O4S/c1-12-16(13(2)21-20-12)27(25,26)22-9-7-18(8-10-22,17(23)24)11-14-3-5-15(19)6-4-14/h3-6H,7-11H2,1-2H3,(H,20,21)(H,23,24). The Balaban J connectivity index is 1.81. The third kappa shape index (κ3) is 3.81. The van der Waals surface area contributed by atoms with Crippen molar-refractivity contribution in [2.75, 3.05) is 13.1 Å². The third-order valence-corrected chi connectivity index (χ3v) is 7.94. The molecule has 0 radical (unpaired) electrons. The molecule has 27 heavy (non-hydrogen) atoms. The van der Waals surface area contributed by atoms with E-state index in [1.165, 1.54) is 4.31 Å². The minimum Gasteiger partial charge on any atom is -0.481 e. The molecule has 0 atom stereocenters. The summed E-state index contributed by atoms with van der Waals surface area (Å²) in [5.74, 6) is -0.877. The Bertz CT molecular complexity index is 926. The topological polar surface area (TPSA) is 103 Å². The van der Waals surface area contributed by atoms with E-state index in [1.807, 2.05) is 24.3 Å². The SMILES string of the molecule is Cc1n[nH]c(C)c1S(=O)(=O)N1CCC(Cc2ccc(Br)cc2)(C(=O)O)CC1. The van der Waals surface area contributed by atoms with Crippen LogP contribution in [0.15, 0.2) is 33.6 Å². The first-order chi connectivity index (χ1) is 12.7. The molecule has 1 aliphatic rings. The lowest BCUT2D eigenvalue weighted by Crippen LogP contribution is -2.47. The highest BCUT2D eigenvalue weighted by atomic mass is 79.9. The monoisotopic (exact) mass is 455 g/mol. The van der Waals surface area contributed by atoms with Crippen LogP contribution in [0.5, 0.6) is 0 Å². The van der Waals surface area contributed by atoms with E-state index >= 15 is 0 Å². The molecule has 9 heteroatoms. The smallest absolute Gasteiger partial charge is 0.310 e. The molecule has 1 aliphatic heterocycles. The highest BCUT2D eigenvalue weighted by Gasteiger charge is 2.44. The molecule has 0 amide bonds. The number of aromatic amines is 1. The van der Waals surface area contributed by atoms with Gasteiger partial charge in [-0.05, 0) is 50.8 Å². The van der Waals surface area contributed by atoms with E-state index < -0.39 is 21.4 Å². The number of sulfonamides is 1. The van der Waals surface area contributed by atoms with Gasteiger partial charge in [-0.25, -0.2) is 8.42 Å². The number of nitrogens with zero attached hydrogens (tertiary/aromatic N) is 2. The number of hydrogen-bond acceptors (Lipinski definition) is 4. The van der Waals surface area contributed by atoms with E-state index in [2.05, 4.69) is 26.1 Å². The van der Waals surface area contributed by atoms with Crippen LogP contribution in [0.1, 0.15) is 29.8 Å². The summed E-state index contributed by atoms with van der Waals surface area (Å²) in [6, 6.07) is 7.57. The predicted octanol–water partition coefficient (Wildman–Crippen LogP) is 2.89. The first-order valence-electron chi connectivity index (χ1n) is 8.65. The highest BCUT2D eigenvalue weighted by Crippen LogP contribution is 2.38. The number of carbonyl (C=O) groups is 1. The van der Waals surface area contributed by atoms with Crippen molar-refractivity contribution < 1.29 is 18.3 Å². The molecule has 0 bridgehead atoms. The molecule has 0 aliphatic carbocycles. The Kier molecular flexibility index (Phi) is 5.47. The van der Waals surface area contributed by atoms with Crippen LogP contribution in [0.4, 0.5) is 0 Å². The fraction of sp³-hybridized carbons (Fsp3) is 0.444. The summed E-state index contributed by atoms with van der Waals surface area (Å²) in [4.78, 5) is 12.2. The molecule has 2 aromatic rings. The van der Waals surface area contributed by atoms with Gasteiger partial charge in [-0.2, -0.15) is 9.40 Å². The highest BCUT2D eigenvalue weighted by molar-refractivity contribution is 9.10. The maximum Gasteiger partial charge on any atom is 0.310 e. The molecule has 1 aromatic carbocycles. The van der Waals surface area contributed by atoms with Gasteiger partial charge in [-0.3, -0.25) is 9.89 Å². The first kappa shape index (κ1) is 20.0. The van der Waals surface area contributed by atoms with Crippen LogP contribution in [0, 0.1) is 19.3 Å². The molecular formula is C18H22BrN3O4S. The number of aliphatic carboxylic acids is 1. The lowest BCUT2D eigenvalue weighted by Gasteiger charge is -2.38. The number of carboxylic acid groups (broad SMARTS) is 1. The zero-order chi connectivity index (χ0) is 19.8. The van der Waals surface area contributed by atoms with Gasteiger partial charge in [-0.15, -0.1) is 0 Å². The van der Waals surface area contributed by atoms with Gasteiger partial charge in [0, 0.05) is 17.6 Å². The maximum atomic E-state index is 13.0. The minimum atomic E-state index is -3.69. The van der Waals surface area contributed by atoms with Crippen molar-refractivity contribution in [3.05, 3.63) is 45.7 Å². The van der Waals surface area contributed by atoms with Crippen LogP contribution in [0.2, 0.25) is 0 Å². The molecular weight excluding hydrogens is 434 g/mol. The van der Waals surface area contributed by atoms with Gasteiger partial charge in [-0.1, -0.05) is 28.1 Å². The van der Waals surface area contributed by atoms with Crippen molar-refractivity contribution in [1.82, 2.24) is 14.5 Å². The van der Waals surface area contributed by atoms with E-state index in [-0.39, 0.29) is 30.8 Å². The second-order valence-corrected chi connectivity index (χ2v) is 9.85. The number of piperidine rings is 1. The van der Waals surface area contributed by atoms with Crippen molar-refractivity contribution in [3.8, 4) is 0 Å². The largest absolute Gasteiger partial charge is 0.481 e. The maximum absolute atomic E-state index is 13.0. The van der Waals surface area contributed by atoms with Crippen molar-refractivity contribution in [2.24, 2.45) is 5.41 Å². The molecule has 1 aromatic heterocycles. The summed E-state index contributed by atoms with van der Waals surface area (Å²) in [6.45, 7) is 3.67. The summed E-state index contributed by atoms with van der Waals surface area (Å²) in [5, 5.41) is 16.5. The fourth-order valence-corrected chi connectivity index (χ4v) is 5.70. The number of benzene rings is 1. The summed E-state index contributed by atoms with van der Waals surface area (Å²) >= 11 is 3.38. The average Bonchev–Trinajstić information content (AvgIpc) is 2.96. The summed E-state index contributed by atoms with van der Waals surface area (Å²) in [6.07, 6.45) is 0.925. The molecule has 2 heterocycles. The lowest BCUT2D eigenvalue weighted by atomic mass is 9.74. The minimum absolute atomic E-state index is 0.176. The average molecular weight is 456 g/mol. The number of halogens is 1. The lowest BCUT2D eigenvalue weighted by molar-refractivity contribution is -0.151. The van der Waals surface area contributed by atoms with Crippen LogP contribution in [0.3, 0.4) is 0 Å². The summed E-state index contributed by atoms with van der Waals surface area (Å²) in [7, 11) is -3.69. The van der Waals surface area contributed by atoms with Crippen LogP contribution < -0.4 is 0 Å². The van der Waals surface area contributed by atoms with Gasteiger partial charge in [0.25, 0.3) is 0 Å². The third-order valence-electron chi connectivity index (χ3n) is 5.25. The Labute approximate surface area is 167 Å². The van der Waals surface area contributed by atoms with Gasteiger partial charge >= 0.3 is 5.97 Å². The number of carboxylic acids is 1. The number of nitrogens with one attached hydrogen (secondary N) is 1. The van der Waals surface area contributed by atoms with E-state index in [0.29, 0.717) is 17.8 Å².